The van der Waals surface area contributed by atoms with E-state index in [-0.39, 0.29) is 18.7 Å². The first-order valence-corrected chi connectivity index (χ1v) is 11.0. The van der Waals surface area contributed by atoms with E-state index in [9.17, 15) is 14.4 Å². The van der Waals surface area contributed by atoms with E-state index in [0.717, 1.165) is 0 Å². The minimum atomic E-state index is -0.997. The van der Waals surface area contributed by atoms with E-state index in [1.54, 1.807) is 20.8 Å². The van der Waals surface area contributed by atoms with Crippen LogP contribution in [0.3, 0.4) is 0 Å². The van der Waals surface area contributed by atoms with Crippen LogP contribution in [0.2, 0.25) is 0 Å². The molecule has 0 aliphatic heterocycles. The van der Waals surface area contributed by atoms with Crippen LogP contribution in [0, 0.1) is 0 Å². The summed E-state index contributed by atoms with van der Waals surface area (Å²) in [6.45, 7) is 10.2. The summed E-state index contributed by atoms with van der Waals surface area (Å²) < 4.78 is 31.8. The van der Waals surface area contributed by atoms with E-state index < -0.39 is 17.7 Å². The van der Waals surface area contributed by atoms with Crippen molar-refractivity contribution in [1.82, 2.24) is 10.6 Å². The van der Waals surface area contributed by atoms with Gasteiger partial charge in [0.1, 0.15) is 5.60 Å². The molecule has 0 rings (SSSR count). The number of carboxylic acid groups (broad SMARTS) is 1. The fourth-order valence-electron chi connectivity index (χ4n) is 2.09. The lowest BCUT2D eigenvalue weighted by molar-refractivity contribution is -0.138. The van der Waals surface area contributed by atoms with E-state index in [0.29, 0.717) is 79.2 Å². The van der Waals surface area contributed by atoms with Crippen LogP contribution < -0.4 is 10.6 Å². The van der Waals surface area contributed by atoms with Gasteiger partial charge >= 0.3 is 12.1 Å². The highest BCUT2D eigenvalue weighted by atomic mass is 16.6. The molecule has 0 aliphatic rings. The standard InChI is InChI=1S/C21H40N2O10/c1-21(2,3)33-20(27)23-7-9-29-11-13-31-15-17-32-16-14-30-12-10-28-8-6-22-18(24)4-5-19(25)26/h4-17H2,1-3H3,(H,22,24)(H,23,27)(H,25,26). The molecule has 194 valence electrons. The number of rotatable bonds is 21. The molecule has 12 heteroatoms. The van der Waals surface area contributed by atoms with Gasteiger partial charge in [0.15, 0.2) is 0 Å². The monoisotopic (exact) mass is 480 g/mol. The minimum Gasteiger partial charge on any atom is -0.481 e. The summed E-state index contributed by atoms with van der Waals surface area (Å²) in [7, 11) is 0. The van der Waals surface area contributed by atoms with E-state index in [1.807, 2.05) is 0 Å². The largest absolute Gasteiger partial charge is 0.481 e. The third-order valence-corrected chi connectivity index (χ3v) is 3.54. The Morgan fingerprint density at radius 3 is 1.42 bits per heavy atom. The summed E-state index contributed by atoms with van der Waals surface area (Å²) >= 11 is 0. The lowest BCUT2D eigenvalue weighted by atomic mass is 10.2. The van der Waals surface area contributed by atoms with Gasteiger partial charge in [0, 0.05) is 19.5 Å². The summed E-state index contributed by atoms with van der Waals surface area (Å²) in [5.41, 5.74) is -0.518. The zero-order valence-corrected chi connectivity index (χ0v) is 20.0. The maximum Gasteiger partial charge on any atom is 0.407 e. The molecule has 3 N–H and O–H groups in total. The quantitative estimate of drug-likeness (QED) is 0.199. The predicted octanol–water partition coefficient (Wildman–Crippen LogP) is 0.575. The van der Waals surface area contributed by atoms with Gasteiger partial charge in [-0.25, -0.2) is 4.79 Å². The number of alkyl carbamates (subject to hydrolysis) is 1. The summed E-state index contributed by atoms with van der Waals surface area (Å²) in [4.78, 5) is 33.0. The van der Waals surface area contributed by atoms with Gasteiger partial charge in [0.05, 0.1) is 72.5 Å². The lowest BCUT2D eigenvalue weighted by Crippen LogP contribution is -2.34. The maximum absolute atomic E-state index is 11.4. The number of ether oxygens (including phenoxy) is 6. The van der Waals surface area contributed by atoms with Crippen LogP contribution in [0.5, 0.6) is 0 Å². The van der Waals surface area contributed by atoms with Gasteiger partial charge in [-0.1, -0.05) is 0 Å². The smallest absolute Gasteiger partial charge is 0.407 e. The Bertz CT molecular complexity index is 526. The molecule has 0 unspecified atom stereocenters. The molecular formula is C21H40N2O10. The molecular weight excluding hydrogens is 440 g/mol. The topological polar surface area (TPSA) is 151 Å². The second kappa shape index (κ2) is 20.6. The molecule has 12 nitrogen and oxygen atoms in total. The van der Waals surface area contributed by atoms with Crippen LogP contribution in [-0.2, 0) is 38.0 Å². The number of carbonyl (C=O) groups is 3. The number of carbonyl (C=O) groups excluding carboxylic acids is 2. The molecule has 0 aliphatic carbocycles. The average Bonchev–Trinajstić information content (AvgIpc) is 2.72. The molecule has 0 saturated carbocycles. The summed E-state index contributed by atoms with van der Waals surface area (Å²) in [5, 5.41) is 13.7. The van der Waals surface area contributed by atoms with Crippen molar-refractivity contribution >= 4 is 18.0 Å². The van der Waals surface area contributed by atoms with Crippen molar-refractivity contribution in [2.24, 2.45) is 0 Å². The second-order valence-corrected chi connectivity index (χ2v) is 7.73. The van der Waals surface area contributed by atoms with Crippen LogP contribution in [0.1, 0.15) is 33.6 Å². The molecule has 0 aromatic carbocycles. The first kappa shape index (κ1) is 31.0. The van der Waals surface area contributed by atoms with Gasteiger partial charge in [-0.3, -0.25) is 9.59 Å². The maximum atomic E-state index is 11.4. The van der Waals surface area contributed by atoms with Gasteiger partial charge in [-0.2, -0.15) is 0 Å². The van der Waals surface area contributed by atoms with Gasteiger partial charge in [0.25, 0.3) is 0 Å². The van der Waals surface area contributed by atoms with E-state index in [2.05, 4.69) is 10.6 Å². The van der Waals surface area contributed by atoms with Crippen molar-refractivity contribution in [2.45, 2.75) is 39.2 Å². The summed E-state index contributed by atoms with van der Waals surface area (Å²) in [6.07, 6.45) is -0.681. The molecule has 0 aromatic rings. The Labute approximate surface area is 195 Å². The number of carboxylic acids is 1. The van der Waals surface area contributed by atoms with Crippen LogP contribution in [0.25, 0.3) is 0 Å². The third kappa shape index (κ3) is 26.1. The Balaban J connectivity index is 3.19. The zero-order valence-electron chi connectivity index (χ0n) is 20.0. The van der Waals surface area contributed by atoms with Crippen molar-refractivity contribution in [3.05, 3.63) is 0 Å². The molecule has 0 spiro atoms. The zero-order chi connectivity index (χ0) is 24.8. The Morgan fingerprint density at radius 1 is 0.636 bits per heavy atom. The second-order valence-electron chi connectivity index (χ2n) is 7.73. The third-order valence-electron chi connectivity index (χ3n) is 3.54. The first-order valence-electron chi connectivity index (χ1n) is 11.0. The Morgan fingerprint density at radius 2 is 1.03 bits per heavy atom. The highest BCUT2D eigenvalue weighted by Crippen LogP contribution is 2.06. The van der Waals surface area contributed by atoms with E-state index in [4.69, 9.17) is 33.5 Å². The minimum absolute atomic E-state index is 0.0354. The lowest BCUT2D eigenvalue weighted by Gasteiger charge is -2.19. The molecule has 0 saturated heterocycles. The van der Waals surface area contributed by atoms with Crippen molar-refractivity contribution in [2.75, 3.05) is 79.2 Å². The number of nitrogens with one attached hydrogen (secondary N) is 2. The fraction of sp³-hybridized carbons (Fsp3) is 0.857. The number of amides is 2. The Kier molecular flexibility index (Phi) is 19.4. The molecule has 0 aromatic heterocycles. The van der Waals surface area contributed by atoms with Crippen molar-refractivity contribution in [3.8, 4) is 0 Å². The van der Waals surface area contributed by atoms with Crippen LogP contribution in [-0.4, -0.2) is 108 Å². The number of hydrogen-bond acceptors (Lipinski definition) is 9. The van der Waals surface area contributed by atoms with E-state index in [1.165, 1.54) is 0 Å². The molecule has 33 heavy (non-hydrogen) atoms. The molecule has 0 radical (unpaired) electrons. The van der Waals surface area contributed by atoms with Gasteiger partial charge in [-0.05, 0) is 20.8 Å². The Hall–Kier alpha value is -1.99. The van der Waals surface area contributed by atoms with Crippen molar-refractivity contribution in [1.29, 1.82) is 0 Å². The molecule has 2 amide bonds. The SMILES string of the molecule is CC(C)(C)OC(=O)NCCOCCOCCOCCOCCOCCNC(=O)CCC(=O)O. The van der Waals surface area contributed by atoms with Crippen LogP contribution in [0.15, 0.2) is 0 Å². The van der Waals surface area contributed by atoms with Crippen LogP contribution in [0.4, 0.5) is 4.79 Å². The number of hydrogen-bond donors (Lipinski definition) is 3. The highest BCUT2D eigenvalue weighted by molar-refractivity contribution is 5.80. The molecule has 0 atom stereocenters. The summed E-state index contributed by atoms with van der Waals surface area (Å²) in [5.74, 6) is -1.30. The number of aliphatic carboxylic acids is 1. The molecule has 0 heterocycles. The van der Waals surface area contributed by atoms with Crippen molar-refractivity contribution in [3.63, 3.8) is 0 Å². The highest BCUT2D eigenvalue weighted by Gasteiger charge is 2.15. The average molecular weight is 481 g/mol. The van der Waals surface area contributed by atoms with Crippen molar-refractivity contribution < 1.29 is 47.9 Å². The van der Waals surface area contributed by atoms with Gasteiger partial charge < -0.3 is 44.2 Å². The molecule has 0 bridgehead atoms. The fourth-order valence-corrected chi connectivity index (χ4v) is 2.09. The van der Waals surface area contributed by atoms with Gasteiger partial charge in [0.2, 0.25) is 5.91 Å². The normalized spacial score (nSPS) is 11.2. The summed E-state index contributed by atoms with van der Waals surface area (Å²) in [6, 6.07) is 0. The van der Waals surface area contributed by atoms with Crippen LogP contribution >= 0.6 is 0 Å². The first-order chi connectivity index (χ1) is 15.7. The molecule has 0 fully saturated rings. The van der Waals surface area contributed by atoms with E-state index >= 15 is 0 Å². The predicted molar refractivity (Wildman–Crippen MR) is 118 cm³/mol. The van der Waals surface area contributed by atoms with Gasteiger partial charge in [-0.15, -0.1) is 0 Å².